The van der Waals surface area contributed by atoms with Gasteiger partial charge in [-0.25, -0.2) is 0 Å². The van der Waals surface area contributed by atoms with Crippen molar-refractivity contribution < 1.29 is 0 Å². The lowest BCUT2D eigenvalue weighted by Crippen LogP contribution is -2.32. The molecule has 1 aromatic rings. The monoisotopic (exact) mass is 228 g/mol. The van der Waals surface area contributed by atoms with Gasteiger partial charge in [-0.3, -0.25) is 0 Å². The topological polar surface area (TPSA) is 27.0 Å². The summed E-state index contributed by atoms with van der Waals surface area (Å²) < 4.78 is 0. The van der Waals surface area contributed by atoms with Gasteiger partial charge in [0.1, 0.15) is 0 Å². The van der Waals surface area contributed by atoms with Gasteiger partial charge in [0.2, 0.25) is 0 Å². The van der Waals surface area contributed by atoms with E-state index in [0.717, 1.165) is 17.9 Å². The van der Waals surface area contributed by atoms with E-state index in [9.17, 15) is 0 Å². The van der Waals surface area contributed by atoms with Crippen molar-refractivity contribution in [3.63, 3.8) is 0 Å². The number of aryl methyl sites for hydroxylation is 1. The average molecular weight is 228 g/mol. The Labute approximate surface area is 104 Å². The molecule has 0 spiro atoms. The van der Waals surface area contributed by atoms with Crippen LogP contribution in [-0.4, -0.2) is 25.0 Å². The maximum atomic E-state index is 8.86. The van der Waals surface area contributed by atoms with Crippen LogP contribution in [0.5, 0.6) is 0 Å². The molecule has 0 radical (unpaired) electrons. The predicted octanol–water partition coefficient (Wildman–Crippen LogP) is 2.83. The van der Waals surface area contributed by atoms with Crippen LogP contribution in [0.4, 0.5) is 0 Å². The van der Waals surface area contributed by atoms with Crippen molar-refractivity contribution in [1.82, 2.24) is 4.90 Å². The summed E-state index contributed by atoms with van der Waals surface area (Å²) in [5.41, 5.74) is 2.08. The second-order valence-corrected chi connectivity index (χ2v) is 5.12. The number of rotatable bonds is 3. The van der Waals surface area contributed by atoms with Crippen LogP contribution in [0.25, 0.3) is 0 Å². The van der Waals surface area contributed by atoms with Gasteiger partial charge in [0.05, 0.1) is 11.6 Å². The molecule has 1 aliphatic heterocycles. The first kappa shape index (κ1) is 12.1. The van der Waals surface area contributed by atoms with Gasteiger partial charge >= 0.3 is 0 Å². The highest BCUT2D eigenvalue weighted by Gasteiger charge is 2.16. The highest BCUT2D eigenvalue weighted by Crippen LogP contribution is 2.20. The fraction of sp³-hybridized carbons (Fsp3) is 0.533. The first-order valence-corrected chi connectivity index (χ1v) is 6.45. The molecule has 0 aromatic heterocycles. The lowest BCUT2D eigenvalue weighted by Gasteiger charge is -2.29. The molecule has 17 heavy (non-hydrogen) atoms. The third-order valence-corrected chi connectivity index (χ3v) is 3.62. The maximum absolute atomic E-state index is 8.86. The van der Waals surface area contributed by atoms with Crippen LogP contribution in [0.3, 0.4) is 0 Å². The van der Waals surface area contributed by atoms with Gasteiger partial charge in [-0.1, -0.05) is 12.1 Å². The quantitative estimate of drug-likeness (QED) is 0.795. The van der Waals surface area contributed by atoms with Gasteiger partial charge in [0.25, 0.3) is 0 Å². The van der Waals surface area contributed by atoms with Crippen molar-refractivity contribution in [2.75, 3.05) is 20.1 Å². The molecular formula is C15H20N2. The number of hydrogen-bond acceptors (Lipinski definition) is 2. The van der Waals surface area contributed by atoms with Crippen LogP contribution in [0, 0.1) is 17.2 Å². The molecule has 0 amide bonds. The zero-order valence-electron chi connectivity index (χ0n) is 10.5. The highest BCUT2D eigenvalue weighted by molar-refractivity contribution is 5.32. The van der Waals surface area contributed by atoms with Crippen molar-refractivity contribution in [2.24, 2.45) is 5.92 Å². The summed E-state index contributed by atoms with van der Waals surface area (Å²) in [6, 6.07) is 10.2. The zero-order chi connectivity index (χ0) is 12.1. The first-order chi connectivity index (χ1) is 8.28. The minimum absolute atomic E-state index is 0.781. The van der Waals surface area contributed by atoms with Gasteiger partial charge in [0.15, 0.2) is 0 Å². The van der Waals surface area contributed by atoms with Crippen LogP contribution >= 0.6 is 0 Å². The zero-order valence-corrected chi connectivity index (χ0v) is 10.5. The molecule has 0 saturated carbocycles. The predicted molar refractivity (Wildman–Crippen MR) is 69.7 cm³/mol. The van der Waals surface area contributed by atoms with Crippen LogP contribution < -0.4 is 0 Å². The number of nitrogens with zero attached hydrogens (tertiary/aromatic N) is 2. The van der Waals surface area contributed by atoms with E-state index < -0.39 is 0 Å². The van der Waals surface area contributed by atoms with E-state index in [1.165, 1.54) is 37.9 Å². The Morgan fingerprint density at radius 3 is 3.12 bits per heavy atom. The third kappa shape index (κ3) is 3.57. The molecule has 1 aromatic carbocycles. The summed E-state index contributed by atoms with van der Waals surface area (Å²) in [4.78, 5) is 2.43. The van der Waals surface area contributed by atoms with Crippen molar-refractivity contribution >= 4 is 0 Å². The molecule has 1 heterocycles. The molecule has 1 aliphatic rings. The van der Waals surface area contributed by atoms with E-state index in [0.29, 0.717) is 0 Å². The number of hydrogen-bond donors (Lipinski definition) is 0. The average Bonchev–Trinajstić information content (AvgIpc) is 2.37. The highest BCUT2D eigenvalue weighted by atomic mass is 15.1. The van der Waals surface area contributed by atoms with Gasteiger partial charge < -0.3 is 4.90 Å². The fourth-order valence-electron chi connectivity index (χ4n) is 2.68. The Morgan fingerprint density at radius 2 is 2.35 bits per heavy atom. The van der Waals surface area contributed by atoms with Crippen molar-refractivity contribution in [3.8, 4) is 6.07 Å². The molecule has 2 heteroatoms. The minimum atomic E-state index is 0.781. The molecule has 2 nitrogen and oxygen atoms in total. The summed E-state index contributed by atoms with van der Waals surface area (Å²) in [5.74, 6) is 0.833. The SMILES string of the molecule is CN1CCCC(CCc2cccc(C#N)c2)C1. The van der Waals surface area contributed by atoms with Crippen molar-refractivity contribution in [3.05, 3.63) is 35.4 Å². The largest absolute Gasteiger partial charge is 0.306 e. The summed E-state index contributed by atoms with van der Waals surface area (Å²) in [7, 11) is 2.21. The van der Waals surface area contributed by atoms with E-state index in [2.05, 4.69) is 24.1 Å². The number of piperidine rings is 1. The Hall–Kier alpha value is -1.33. The molecule has 1 atom stereocenters. The van der Waals surface area contributed by atoms with Crippen LogP contribution in [-0.2, 0) is 6.42 Å². The molecular weight excluding hydrogens is 208 g/mol. The molecule has 2 rings (SSSR count). The molecule has 1 saturated heterocycles. The lowest BCUT2D eigenvalue weighted by atomic mass is 9.91. The summed E-state index contributed by atoms with van der Waals surface area (Å²) in [6.45, 7) is 2.48. The second-order valence-electron chi connectivity index (χ2n) is 5.12. The smallest absolute Gasteiger partial charge is 0.0991 e. The molecule has 1 unspecified atom stereocenters. The Kier molecular flexibility index (Phi) is 4.17. The van der Waals surface area contributed by atoms with E-state index in [4.69, 9.17) is 5.26 Å². The summed E-state index contributed by atoms with van der Waals surface area (Å²) >= 11 is 0. The standard InChI is InChI=1S/C15H20N2/c1-17-9-3-6-14(12-17)8-7-13-4-2-5-15(10-13)11-16/h2,4-5,10,14H,3,6-9,12H2,1H3. The van der Waals surface area contributed by atoms with Gasteiger partial charge in [-0.15, -0.1) is 0 Å². The molecule has 0 aliphatic carbocycles. The molecule has 90 valence electrons. The molecule has 0 bridgehead atoms. The number of benzene rings is 1. The van der Waals surface area contributed by atoms with Crippen LogP contribution in [0.1, 0.15) is 30.4 Å². The van der Waals surface area contributed by atoms with E-state index in [1.54, 1.807) is 0 Å². The summed E-state index contributed by atoms with van der Waals surface area (Å²) in [5, 5.41) is 8.86. The van der Waals surface area contributed by atoms with Crippen molar-refractivity contribution in [2.45, 2.75) is 25.7 Å². The van der Waals surface area contributed by atoms with Crippen LogP contribution in [0.15, 0.2) is 24.3 Å². The number of nitriles is 1. The third-order valence-electron chi connectivity index (χ3n) is 3.62. The minimum Gasteiger partial charge on any atom is -0.306 e. The van der Waals surface area contributed by atoms with Crippen molar-refractivity contribution in [1.29, 1.82) is 5.26 Å². The molecule has 0 N–H and O–H groups in total. The van der Waals surface area contributed by atoms with E-state index in [-0.39, 0.29) is 0 Å². The molecule has 1 fully saturated rings. The Morgan fingerprint density at radius 1 is 1.47 bits per heavy atom. The number of likely N-dealkylation sites (tertiary alicyclic amines) is 1. The normalized spacial score (nSPS) is 21.1. The van der Waals surface area contributed by atoms with E-state index >= 15 is 0 Å². The van der Waals surface area contributed by atoms with E-state index in [1.807, 2.05) is 18.2 Å². The lowest BCUT2D eigenvalue weighted by molar-refractivity contribution is 0.202. The van der Waals surface area contributed by atoms with Gasteiger partial charge in [-0.2, -0.15) is 5.26 Å². The van der Waals surface area contributed by atoms with Crippen LogP contribution in [0.2, 0.25) is 0 Å². The fourth-order valence-corrected chi connectivity index (χ4v) is 2.68. The Bertz CT molecular complexity index is 406. The first-order valence-electron chi connectivity index (χ1n) is 6.45. The maximum Gasteiger partial charge on any atom is 0.0991 e. The second kappa shape index (κ2) is 5.84. The van der Waals surface area contributed by atoms with Gasteiger partial charge in [-0.05, 0) is 62.9 Å². The summed E-state index contributed by atoms with van der Waals surface area (Å²) in [6.07, 6.45) is 5.05. The van der Waals surface area contributed by atoms with Gasteiger partial charge in [0, 0.05) is 6.54 Å². The Balaban J connectivity index is 1.87.